The number of fused-ring (bicyclic) bond motifs is 1. The van der Waals surface area contributed by atoms with E-state index in [1.165, 1.54) is 51.8 Å². The molecule has 230 valence electrons. The molecule has 0 spiro atoms. The van der Waals surface area contributed by atoms with Crippen molar-refractivity contribution in [3.63, 3.8) is 0 Å². The van der Waals surface area contributed by atoms with E-state index < -0.39 is 17.5 Å². The van der Waals surface area contributed by atoms with Gasteiger partial charge in [0.05, 0.1) is 25.2 Å². The molecule has 4 bridgehead atoms. The molecular weight excluding hydrogens is 556 g/mol. The maximum Gasteiger partial charge on any atom is 0.342 e. The first kappa shape index (κ1) is 28.6. The van der Waals surface area contributed by atoms with Gasteiger partial charge in [-0.2, -0.15) is 5.10 Å². The number of methoxy groups -OCH3 is 1. The highest BCUT2D eigenvalue weighted by atomic mass is 16.6. The summed E-state index contributed by atoms with van der Waals surface area (Å²) in [6.07, 6.45) is 16.6. The van der Waals surface area contributed by atoms with Crippen molar-refractivity contribution in [3.8, 4) is 11.1 Å². The number of nitrogens with zero attached hydrogens (tertiary/aromatic N) is 5. The predicted octanol–water partition coefficient (Wildman–Crippen LogP) is 6.60. The van der Waals surface area contributed by atoms with Crippen LogP contribution in [-0.4, -0.2) is 48.8 Å². The maximum atomic E-state index is 13.3. The molecule has 4 aliphatic rings. The third-order valence-electron chi connectivity index (χ3n) is 9.82. The van der Waals surface area contributed by atoms with Crippen LogP contribution in [0, 0.1) is 30.1 Å². The number of carbonyl (C=O) groups is 2. The van der Waals surface area contributed by atoms with E-state index in [0.29, 0.717) is 33.7 Å². The fourth-order valence-electron chi connectivity index (χ4n) is 8.48. The predicted molar refractivity (Wildman–Crippen MR) is 166 cm³/mol. The van der Waals surface area contributed by atoms with Gasteiger partial charge >= 0.3 is 11.9 Å². The lowest BCUT2D eigenvalue weighted by Crippen LogP contribution is -2.48. The molecule has 1 N–H and O–H groups in total. The van der Waals surface area contributed by atoms with Crippen molar-refractivity contribution in [1.29, 1.82) is 0 Å². The molecule has 4 aromatic heterocycles. The van der Waals surface area contributed by atoms with Crippen LogP contribution in [0.2, 0.25) is 0 Å². The van der Waals surface area contributed by atoms with E-state index in [1.54, 1.807) is 22.9 Å². The number of rotatable bonds is 7. The Hall–Kier alpha value is -4.21. The van der Waals surface area contributed by atoms with E-state index in [2.05, 4.69) is 26.9 Å². The van der Waals surface area contributed by atoms with E-state index in [9.17, 15) is 9.59 Å². The number of carbonyl (C=O) groups excluding carboxylic acids is 2. The first-order chi connectivity index (χ1) is 21.0. The van der Waals surface area contributed by atoms with Crippen LogP contribution in [0.15, 0.2) is 43.1 Å². The molecule has 10 heteroatoms. The van der Waals surface area contributed by atoms with Crippen molar-refractivity contribution in [1.82, 2.24) is 24.1 Å². The van der Waals surface area contributed by atoms with Gasteiger partial charge in [0.2, 0.25) is 0 Å². The van der Waals surface area contributed by atoms with E-state index >= 15 is 0 Å². The molecule has 4 fully saturated rings. The Morgan fingerprint density at radius 3 is 2.36 bits per heavy atom. The molecule has 10 nitrogen and oxygen atoms in total. The fraction of sp³-hybridized carbons (Fsp3) is 0.500. The van der Waals surface area contributed by atoms with Crippen LogP contribution in [-0.2, 0) is 16.0 Å². The molecule has 0 radical (unpaired) electrons. The molecule has 0 unspecified atom stereocenters. The van der Waals surface area contributed by atoms with E-state index in [1.807, 2.05) is 39.2 Å². The zero-order valence-corrected chi connectivity index (χ0v) is 26.1. The second-order valence-electron chi connectivity index (χ2n) is 14.2. The highest BCUT2D eigenvalue weighted by molar-refractivity contribution is 6.03. The molecule has 0 saturated heterocycles. The molecule has 4 aliphatic carbocycles. The quantitative estimate of drug-likeness (QED) is 0.237. The minimum atomic E-state index is -0.652. The normalized spacial score (nSPS) is 24.1. The molecule has 8 rings (SSSR count). The molecular formula is C34H40N6O4. The van der Waals surface area contributed by atoms with Crippen LogP contribution in [0.3, 0.4) is 0 Å². The topological polar surface area (TPSA) is 113 Å². The van der Waals surface area contributed by atoms with Crippen molar-refractivity contribution >= 4 is 29.1 Å². The number of esters is 2. The average molecular weight is 597 g/mol. The van der Waals surface area contributed by atoms with E-state index in [4.69, 9.17) is 14.6 Å². The molecule has 44 heavy (non-hydrogen) atoms. The van der Waals surface area contributed by atoms with Gasteiger partial charge in [-0.15, -0.1) is 0 Å². The zero-order valence-electron chi connectivity index (χ0n) is 26.1. The Balaban J connectivity index is 1.22. The van der Waals surface area contributed by atoms with Gasteiger partial charge in [0.1, 0.15) is 22.5 Å². The lowest BCUT2D eigenvalue weighted by molar-refractivity contribution is -0.0638. The van der Waals surface area contributed by atoms with Gasteiger partial charge in [0, 0.05) is 42.0 Å². The van der Waals surface area contributed by atoms with Gasteiger partial charge in [-0.25, -0.2) is 14.6 Å². The molecule has 4 saturated carbocycles. The first-order valence-electron chi connectivity index (χ1n) is 15.6. The fourth-order valence-corrected chi connectivity index (χ4v) is 8.48. The van der Waals surface area contributed by atoms with Gasteiger partial charge in [-0.1, -0.05) is 0 Å². The second kappa shape index (κ2) is 10.5. The number of hydrogen-bond donors (Lipinski definition) is 1. The highest BCUT2D eigenvalue weighted by Crippen LogP contribution is 2.60. The molecule has 0 aliphatic heterocycles. The molecule has 4 aromatic rings. The summed E-state index contributed by atoms with van der Waals surface area (Å²) >= 11 is 0. The Morgan fingerprint density at radius 1 is 1.00 bits per heavy atom. The van der Waals surface area contributed by atoms with Crippen LogP contribution >= 0.6 is 0 Å². The average Bonchev–Trinajstić information content (AvgIpc) is 3.53. The van der Waals surface area contributed by atoms with Crippen LogP contribution in [0.1, 0.15) is 85.7 Å². The monoisotopic (exact) mass is 596 g/mol. The summed E-state index contributed by atoms with van der Waals surface area (Å²) in [4.78, 5) is 34.9. The number of anilines is 2. The molecule has 0 atom stereocenters. The van der Waals surface area contributed by atoms with Gasteiger partial charge in [0.15, 0.2) is 5.65 Å². The smallest absolute Gasteiger partial charge is 0.342 e. The van der Waals surface area contributed by atoms with Gasteiger partial charge in [-0.3, -0.25) is 14.1 Å². The summed E-state index contributed by atoms with van der Waals surface area (Å²) in [7, 11) is 1.38. The molecule has 0 amide bonds. The van der Waals surface area contributed by atoms with Crippen molar-refractivity contribution in [3.05, 3.63) is 59.9 Å². The van der Waals surface area contributed by atoms with Gasteiger partial charge in [-0.05, 0) is 102 Å². The van der Waals surface area contributed by atoms with Crippen LogP contribution in [0.5, 0.6) is 0 Å². The Bertz CT molecular complexity index is 1730. The summed E-state index contributed by atoms with van der Waals surface area (Å²) in [5, 5.41) is 8.15. The van der Waals surface area contributed by atoms with E-state index in [-0.39, 0.29) is 0 Å². The Kier molecular flexibility index (Phi) is 6.78. The molecule has 0 aromatic carbocycles. The largest absolute Gasteiger partial charge is 0.465 e. The number of pyridine rings is 2. The maximum absolute atomic E-state index is 13.3. The van der Waals surface area contributed by atoms with Crippen molar-refractivity contribution in [2.45, 2.75) is 78.4 Å². The minimum absolute atomic E-state index is 0.296. The van der Waals surface area contributed by atoms with Crippen LogP contribution in [0.4, 0.5) is 11.5 Å². The summed E-state index contributed by atoms with van der Waals surface area (Å²) in [5.41, 5.74) is 3.98. The minimum Gasteiger partial charge on any atom is -0.465 e. The van der Waals surface area contributed by atoms with E-state index in [0.717, 1.165) is 41.1 Å². The Morgan fingerprint density at radius 2 is 1.70 bits per heavy atom. The van der Waals surface area contributed by atoms with Gasteiger partial charge < -0.3 is 14.8 Å². The summed E-state index contributed by atoms with van der Waals surface area (Å²) in [5.74, 6) is 2.23. The third kappa shape index (κ3) is 5.04. The Labute approximate surface area is 257 Å². The van der Waals surface area contributed by atoms with Crippen molar-refractivity contribution in [2.24, 2.45) is 23.2 Å². The standard InChI is InChI=1S/C34H40N6O4/c1-20-25(17-37-40(20)19-34-13-21-10-22(14-34)12-23(11-21)15-34)24-7-9-39-28(18-36-30(39)29(24)32(42)43-5)38-27-6-8-35-16-26(27)31(41)44-33(2,3)4/h6-9,16-18,21-23H,10-15,19H2,1-5H3,(H,35,38). The number of imidazole rings is 1. The summed E-state index contributed by atoms with van der Waals surface area (Å²) < 4.78 is 14.8. The lowest BCUT2D eigenvalue weighted by atomic mass is 9.49. The number of hydrogen-bond acceptors (Lipinski definition) is 8. The number of nitrogens with one attached hydrogen (secondary N) is 1. The van der Waals surface area contributed by atoms with Crippen LogP contribution in [0.25, 0.3) is 16.8 Å². The summed E-state index contributed by atoms with van der Waals surface area (Å²) in [6.45, 7) is 8.48. The third-order valence-corrected chi connectivity index (χ3v) is 9.82. The van der Waals surface area contributed by atoms with Gasteiger partial charge in [0.25, 0.3) is 0 Å². The highest BCUT2D eigenvalue weighted by Gasteiger charge is 2.51. The number of ether oxygens (including phenoxy) is 2. The molecule has 4 heterocycles. The number of aromatic nitrogens is 5. The SMILES string of the molecule is COC(=O)c1c(-c2cnn(CC34CC5CC(CC(C5)C3)C4)c2C)ccn2c(Nc3ccncc3C(=O)OC(C)(C)C)cnc12. The van der Waals surface area contributed by atoms with Crippen molar-refractivity contribution < 1.29 is 19.1 Å². The first-order valence-corrected chi connectivity index (χ1v) is 15.6. The second-order valence-corrected chi connectivity index (χ2v) is 14.2. The lowest BCUT2D eigenvalue weighted by Gasteiger charge is -2.56. The van der Waals surface area contributed by atoms with Crippen molar-refractivity contribution in [2.75, 3.05) is 12.4 Å². The zero-order chi connectivity index (χ0) is 30.8. The van der Waals surface area contributed by atoms with Crippen LogP contribution < -0.4 is 5.32 Å². The summed E-state index contributed by atoms with van der Waals surface area (Å²) in [6, 6.07) is 3.61.